The van der Waals surface area contributed by atoms with Crippen molar-refractivity contribution in [2.24, 2.45) is 0 Å². The molecule has 1 amide bonds. The lowest BCUT2D eigenvalue weighted by Crippen LogP contribution is -2.43. The number of rotatable bonds is 4. The lowest BCUT2D eigenvalue weighted by atomic mass is 10.1. The number of hydrogen-bond donors (Lipinski definition) is 0. The van der Waals surface area contributed by atoms with Gasteiger partial charge in [0.05, 0.1) is 6.54 Å². The molecule has 24 heavy (non-hydrogen) atoms. The van der Waals surface area contributed by atoms with Crippen molar-refractivity contribution in [2.75, 3.05) is 13.1 Å². The van der Waals surface area contributed by atoms with Gasteiger partial charge in [-0.3, -0.25) is 4.79 Å². The first-order chi connectivity index (χ1) is 11.7. The third-order valence-electron chi connectivity index (χ3n) is 3.81. The Morgan fingerprint density at radius 2 is 2.04 bits per heavy atom. The van der Waals surface area contributed by atoms with Crippen LogP contribution in [0.2, 0.25) is 0 Å². The summed E-state index contributed by atoms with van der Waals surface area (Å²) in [6.07, 6.45) is 7.70. The highest BCUT2D eigenvalue weighted by molar-refractivity contribution is 5.91. The van der Waals surface area contributed by atoms with Crippen molar-refractivity contribution in [1.29, 1.82) is 0 Å². The van der Waals surface area contributed by atoms with Crippen LogP contribution in [-0.2, 0) is 4.79 Å². The van der Waals surface area contributed by atoms with Gasteiger partial charge >= 0.3 is 6.01 Å². The normalized spacial score (nSPS) is 17.9. The average molecular weight is 327 g/mol. The van der Waals surface area contributed by atoms with Gasteiger partial charge in [-0.15, -0.1) is 0 Å². The van der Waals surface area contributed by atoms with Crippen molar-refractivity contribution in [3.05, 3.63) is 60.2 Å². The molecule has 124 valence electrons. The van der Waals surface area contributed by atoms with Crippen LogP contribution < -0.4 is 4.74 Å². The molecule has 1 fully saturated rings. The van der Waals surface area contributed by atoms with E-state index < -0.39 is 0 Å². The molecule has 0 N–H and O–H groups in total. The topological polar surface area (TPSA) is 55.3 Å². The minimum absolute atomic E-state index is 0.132. The summed E-state index contributed by atoms with van der Waals surface area (Å²) < 4.78 is 19.3. The van der Waals surface area contributed by atoms with E-state index in [9.17, 15) is 9.18 Å². The maximum Gasteiger partial charge on any atom is 0.316 e. The van der Waals surface area contributed by atoms with E-state index in [1.165, 1.54) is 18.2 Å². The average Bonchev–Trinajstić information content (AvgIpc) is 2.62. The molecule has 3 rings (SSSR count). The van der Waals surface area contributed by atoms with E-state index in [4.69, 9.17) is 4.74 Å². The number of likely N-dealkylation sites (tertiary alicyclic amines) is 1. The van der Waals surface area contributed by atoms with E-state index >= 15 is 0 Å². The number of carbonyl (C=O) groups excluding carboxylic acids is 1. The van der Waals surface area contributed by atoms with Gasteiger partial charge in [-0.05, 0) is 31.1 Å². The zero-order valence-electron chi connectivity index (χ0n) is 13.1. The number of amides is 1. The molecule has 6 heteroatoms. The molecule has 1 unspecified atom stereocenters. The minimum atomic E-state index is -0.345. The standard InChI is InChI=1S/C18H18FN3O2/c19-16-7-2-1-5-14(16)8-9-17(23)22-12-3-6-15(13-22)24-18-20-10-4-11-21-18/h1-2,4-5,7-11,15H,3,6,12-13H2/b9-8+. The van der Waals surface area contributed by atoms with Crippen molar-refractivity contribution < 1.29 is 13.9 Å². The van der Waals surface area contributed by atoms with E-state index in [2.05, 4.69) is 9.97 Å². The molecule has 0 saturated carbocycles. The molecule has 1 aliphatic heterocycles. The monoisotopic (exact) mass is 327 g/mol. The summed E-state index contributed by atoms with van der Waals surface area (Å²) in [5.74, 6) is -0.497. The van der Waals surface area contributed by atoms with Crippen molar-refractivity contribution in [3.8, 4) is 6.01 Å². The maximum atomic E-state index is 13.6. The van der Waals surface area contributed by atoms with E-state index in [-0.39, 0.29) is 17.8 Å². The summed E-state index contributed by atoms with van der Waals surface area (Å²) in [6, 6.07) is 8.39. The predicted octanol–water partition coefficient (Wildman–Crippen LogP) is 2.70. The second kappa shape index (κ2) is 7.68. The molecule has 0 spiro atoms. The zero-order valence-corrected chi connectivity index (χ0v) is 13.1. The number of hydrogen-bond acceptors (Lipinski definition) is 4. The maximum absolute atomic E-state index is 13.6. The van der Waals surface area contributed by atoms with E-state index in [0.29, 0.717) is 24.7 Å². The molecule has 1 atom stereocenters. The zero-order chi connectivity index (χ0) is 16.8. The number of halogens is 1. The lowest BCUT2D eigenvalue weighted by molar-refractivity contribution is -0.128. The second-order valence-electron chi connectivity index (χ2n) is 5.55. The highest BCUT2D eigenvalue weighted by Gasteiger charge is 2.24. The Balaban J connectivity index is 1.60. The molecule has 0 radical (unpaired) electrons. The van der Waals surface area contributed by atoms with Crippen LogP contribution >= 0.6 is 0 Å². The van der Waals surface area contributed by atoms with E-state index in [1.54, 1.807) is 41.6 Å². The van der Waals surface area contributed by atoms with Crippen LogP contribution in [0.15, 0.2) is 48.8 Å². The van der Waals surface area contributed by atoms with Crippen LogP contribution in [0.5, 0.6) is 6.01 Å². The highest BCUT2D eigenvalue weighted by Crippen LogP contribution is 2.16. The minimum Gasteiger partial charge on any atom is -0.458 e. The molecular formula is C18H18FN3O2. The Labute approximate surface area is 139 Å². The van der Waals surface area contributed by atoms with Gasteiger partial charge in [0.1, 0.15) is 11.9 Å². The lowest BCUT2D eigenvalue weighted by Gasteiger charge is -2.31. The van der Waals surface area contributed by atoms with Crippen LogP contribution in [-0.4, -0.2) is 40.0 Å². The van der Waals surface area contributed by atoms with Crippen LogP contribution in [0, 0.1) is 5.82 Å². The SMILES string of the molecule is O=C(/C=C/c1ccccc1F)N1CCCC(Oc2ncccn2)C1. The summed E-state index contributed by atoms with van der Waals surface area (Å²) in [4.78, 5) is 22.1. The Morgan fingerprint density at radius 1 is 1.25 bits per heavy atom. The van der Waals surface area contributed by atoms with Gasteiger partial charge in [-0.25, -0.2) is 14.4 Å². The van der Waals surface area contributed by atoms with Crippen molar-refractivity contribution >= 4 is 12.0 Å². The molecule has 1 aromatic carbocycles. The summed E-state index contributed by atoms with van der Waals surface area (Å²) >= 11 is 0. The molecule has 2 heterocycles. The van der Waals surface area contributed by atoms with E-state index in [0.717, 1.165) is 12.8 Å². The Morgan fingerprint density at radius 3 is 2.83 bits per heavy atom. The van der Waals surface area contributed by atoms with Crippen LogP contribution in [0.4, 0.5) is 4.39 Å². The first-order valence-corrected chi connectivity index (χ1v) is 7.87. The molecule has 1 aliphatic rings. The quantitative estimate of drug-likeness (QED) is 0.810. The van der Waals surface area contributed by atoms with Gasteiger partial charge in [0.25, 0.3) is 0 Å². The Hall–Kier alpha value is -2.76. The summed E-state index contributed by atoms with van der Waals surface area (Å²) in [5.41, 5.74) is 0.397. The molecule has 5 nitrogen and oxygen atoms in total. The first-order valence-electron chi connectivity index (χ1n) is 7.87. The van der Waals surface area contributed by atoms with Gasteiger partial charge in [0, 0.05) is 30.6 Å². The predicted molar refractivity (Wildman–Crippen MR) is 87.7 cm³/mol. The first kappa shape index (κ1) is 16.1. The number of piperidine rings is 1. The van der Waals surface area contributed by atoms with Gasteiger partial charge in [0.2, 0.25) is 5.91 Å². The molecular weight excluding hydrogens is 309 g/mol. The van der Waals surface area contributed by atoms with Crippen molar-refractivity contribution in [1.82, 2.24) is 14.9 Å². The number of nitrogens with zero attached hydrogens (tertiary/aromatic N) is 3. The van der Waals surface area contributed by atoms with Crippen LogP contribution in [0.1, 0.15) is 18.4 Å². The fraction of sp³-hybridized carbons (Fsp3) is 0.278. The summed E-state index contributed by atoms with van der Waals surface area (Å²) in [7, 11) is 0. The van der Waals surface area contributed by atoms with Crippen LogP contribution in [0.3, 0.4) is 0 Å². The number of ether oxygens (including phenoxy) is 1. The third kappa shape index (κ3) is 4.16. The number of benzene rings is 1. The van der Waals surface area contributed by atoms with Gasteiger partial charge < -0.3 is 9.64 Å². The third-order valence-corrected chi connectivity index (χ3v) is 3.81. The molecule has 0 bridgehead atoms. The van der Waals surface area contributed by atoms with Crippen molar-refractivity contribution in [2.45, 2.75) is 18.9 Å². The van der Waals surface area contributed by atoms with Gasteiger partial charge in [-0.2, -0.15) is 0 Å². The fourth-order valence-corrected chi connectivity index (χ4v) is 2.61. The number of aromatic nitrogens is 2. The van der Waals surface area contributed by atoms with Gasteiger partial charge in [0.15, 0.2) is 0 Å². The van der Waals surface area contributed by atoms with Gasteiger partial charge in [-0.1, -0.05) is 18.2 Å². The fourth-order valence-electron chi connectivity index (χ4n) is 2.61. The summed E-state index contributed by atoms with van der Waals surface area (Å²) in [6.45, 7) is 1.13. The largest absolute Gasteiger partial charge is 0.458 e. The second-order valence-corrected chi connectivity index (χ2v) is 5.55. The van der Waals surface area contributed by atoms with Crippen LogP contribution in [0.25, 0.3) is 6.08 Å². The molecule has 1 aromatic heterocycles. The molecule has 0 aliphatic carbocycles. The van der Waals surface area contributed by atoms with E-state index in [1.807, 2.05) is 0 Å². The molecule has 2 aromatic rings. The smallest absolute Gasteiger partial charge is 0.316 e. The van der Waals surface area contributed by atoms with Crippen molar-refractivity contribution in [3.63, 3.8) is 0 Å². The highest BCUT2D eigenvalue weighted by atomic mass is 19.1. The Kier molecular flexibility index (Phi) is 5.15. The number of carbonyl (C=O) groups is 1. The summed E-state index contributed by atoms with van der Waals surface area (Å²) in [5, 5.41) is 0. The Bertz CT molecular complexity index is 721. The molecule has 1 saturated heterocycles.